The van der Waals surface area contributed by atoms with Gasteiger partial charge in [0.1, 0.15) is 5.75 Å². The maximum absolute atomic E-state index is 12.0. The molecule has 4 nitrogen and oxygen atoms in total. The predicted molar refractivity (Wildman–Crippen MR) is 73.5 cm³/mol. The number of rotatable bonds is 4. The summed E-state index contributed by atoms with van der Waals surface area (Å²) in [5.74, 6) is 0.652. The number of hydrogen-bond donors (Lipinski definition) is 2. The SMILES string of the molecule is O=C(/C=C/c1ccc(O)cc1)N1CCC(CCO)C1. The molecule has 1 amide bonds. The average molecular weight is 261 g/mol. The highest BCUT2D eigenvalue weighted by molar-refractivity contribution is 5.91. The van der Waals surface area contributed by atoms with E-state index in [0.29, 0.717) is 5.92 Å². The topological polar surface area (TPSA) is 60.8 Å². The van der Waals surface area contributed by atoms with Gasteiger partial charge in [-0.3, -0.25) is 4.79 Å². The van der Waals surface area contributed by atoms with Crippen molar-refractivity contribution >= 4 is 12.0 Å². The van der Waals surface area contributed by atoms with Crippen LogP contribution in [-0.4, -0.2) is 40.7 Å². The summed E-state index contributed by atoms with van der Waals surface area (Å²) in [6.07, 6.45) is 5.06. The van der Waals surface area contributed by atoms with Crippen LogP contribution in [0.1, 0.15) is 18.4 Å². The summed E-state index contributed by atoms with van der Waals surface area (Å²) in [5, 5.41) is 18.1. The molecule has 0 aliphatic carbocycles. The van der Waals surface area contributed by atoms with Crippen LogP contribution in [-0.2, 0) is 4.79 Å². The van der Waals surface area contributed by atoms with Crippen LogP contribution in [0.3, 0.4) is 0 Å². The van der Waals surface area contributed by atoms with Crippen molar-refractivity contribution in [3.63, 3.8) is 0 Å². The van der Waals surface area contributed by atoms with Crippen LogP contribution in [0.2, 0.25) is 0 Å². The summed E-state index contributed by atoms with van der Waals surface area (Å²) in [6.45, 7) is 1.69. The van der Waals surface area contributed by atoms with Crippen molar-refractivity contribution in [1.29, 1.82) is 0 Å². The molecule has 1 atom stereocenters. The molecule has 1 unspecified atom stereocenters. The molecule has 0 aromatic heterocycles. The van der Waals surface area contributed by atoms with Gasteiger partial charge in [0.2, 0.25) is 5.91 Å². The molecule has 0 saturated carbocycles. The Bertz CT molecular complexity index is 453. The van der Waals surface area contributed by atoms with Crippen molar-refractivity contribution in [3.8, 4) is 5.75 Å². The Balaban J connectivity index is 1.89. The van der Waals surface area contributed by atoms with Crippen LogP contribution in [0, 0.1) is 5.92 Å². The molecule has 1 aliphatic heterocycles. The van der Waals surface area contributed by atoms with Crippen LogP contribution < -0.4 is 0 Å². The summed E-state index contributed by atoms with van der Waals surface area (Å²) in [4.78, 5) is 13.8. The lowest BCUT2D eigenvalue weighted by Crippen LogP contribution is -2.26. The first-order valence-corrected chi connectivity index (χ1v) is 6.56. The first-order chi connectivity index (χ1) is 9.19. The number of phenols is 1. The molecule has 1 saturated heterocycles. The molecule has 1 heterocycles. The Hall–Kier alpha value is -1.81. The molecule has 0 spiro atoms. The van der Waals surface area contributed by atoms with E-state index in [1.807, 2.05) is 4.90 Å². The fourth-order valence-corrected chi connectivity index (χ4v) is 2.31. The fourth-order valence-electron chi connectivity index (χ4n) is 2.31. The second-order valence-corrected chi connectivity index (χ2v) is 4.88. The van der Waals surface area contributed by atoms with Crippen molar-refractivity contribution in [2.45, 2.75) is 12.8 Å². The van der Waals surface area contributed by atoms with Gasteiger partial charge in [-0.25, -0.2) is 0 Å². The third-order valence-corrected chi connectivity index (χ3v) is 3.45. The summed E-state index contributed by atoms with van der Waals surface area (Å²) >= 11 is 0. The van der Waals surface area contributed by atoms with E-state index in [9.17, 15) is 4.79 Å². The summed E-state index contributed by atoms with van der Waals surface area (Å²) in [7, 11) is 0. The maximum atomic E-state index is 12.0. The minimum absolute atomic E-state index is 0.00788. The first kappa shape index (κ1) is 13.6. The van der Waals surface area contributed by atoms with Gasteiger partial charge in [0.05, 0.1) is 0 Å². The fraction of sp³-hybridized carbons (Fsp3) is 0.400. The number of aromatic hydroxyl groups is 1. The number of hydrogen-bond acceptors (Lipinski definition) is 3. The number of carbonyl (C=O) groups excluding carboxylic acids is 1. The molecule has 0 bridgehead atoms. The van der Waals surface area contributed by atoms with Crippen LogP contribution >= 0.6 is 0 Å². The molecule has 1 aliphatic rings. The number of nitrogens with zero attached hydrogens (tertiary/aromatic N) is 1. The lowest BCUT2D eigenvalue weighted by molar-refractivity contribution is -0.125. The van der Waals surface area contributed by atoms with Gasteiger partial charge < -0.3 is 15.1 Å². The first-order valence-electron chi connectivity index (χ1n) is 6.56. The Morgan fingerprint density at radius 1 is 1.37 bits per heavy atom. The quantitative estimate of drug-likeness (QED) is 0.810. The monoisotopic (exact) mass is 261 g/mol. The van der Waals surface area contributed by atoms with Gasteiger partial charge in [-0.15, -0.1) is 0 Å². The molecule has 19 heavy (non-hydrogen) atoms. The van der Waals surface area contributed by atoms with Gasteiger partial charge in [0.15, 0.2) is 0 Å². The predicted octanol–water partition coefficient (Wildman–Crippen LogP) is 1.64. The van der Waals surface area contributed by atoms with E-state index < -0.39 is 0 Å². The van der Waals surface area contributed by atoms with E-state index in [-0.39, 0.29) is 18.3 Å². The standard InChI is InChI=1S/C15H19NO3/c17-10-8-13-7-9-16(11-13)15(19)6-3-12-1-4-14(18)5-2-12/h1-6,13,17-18H,7-11H2/b6-3+. The van der Waals surface area contributed by atoms with E-state index >= 15 is 0 Å². The average Bonchev–Trinajstić information content (AvgIpc) is 2.87. The van der Waals surface area contributed by atoms with Gasteiger partial charge in [-0.1, -0.05) is 12.1 Å². The molecular formula is C15H19NO3. The molecule has 2 N–H and O–H groups in total. The molecule has 2 rings (SSSR count). The van der Waals surface area contributed by atoms with Crippen molar-refractivity contribution < 1.29 is 15.0 Å². The van der Waals surface area contributed by atoms with E-state index in [1.165, 1.54) is 0 Å². The Morgan fingerprint density at radius 3 is 2.79 bits per heavy atom. The molecular weight excluding hydrogens is 242 g/mol. The summed E-state index contributed by atoms with van der Waals surface area (Å²) < 4.78 is 0. The van der Waals surface area contributed by atoms with E-state index in [1.54, 1.807) is 36.4 Å². The molecule has 1 fully saturated rings. The molecule has 4 heteroatoms. The number of aliphatic hydroxyl groups is 1. The third kappa shape index (κ3) is 3.83. The number of aliphatic hydroxyl groups excluding tert-OH is 1. The van der Waals surface area contributed by atoms with Gasteiger partial charge in [-0.05, 0) is 42.5 Å². The van der Waals surface area contributed by atoms with Gasteiger partial charge in [-0.2, -0.15) is 0 Å². The highest BCUT2D eigenvalue weighted by Crippen LogP contribution is 2.19. The van der Waals surface area contributed by atoms with Crippen molar-refractivity contribution in [2.24, 2.45) is 5.92 Å². The van der Waals surface area contributed by atoms with Crippen LogP contribution in [0.4, 0.5) is 0 Å². The number of carbonyl (C=O) groups is 1. The van der Waals surface area contributed by atoms with Crippen molar-refractivity contribution in [3.05, 3.63) is 35.9 Å². The highest BCUT2D eigenvalue weighted by Gasteiger charge is 2.24. The number of benzene rings is 1. The Morgan fingerprint density at radius 2 is 2.11 bits per heavy atom. The third-order valence-electron chi connectivity index (χ3n) is 3.45. The van der Waals surface area contributed by atoms with Crippen molar-refractivity contribution in [2.75, 3.05) is 19.7 Å². The minimum atomic E-state index is 0.00788. The Labute approximate surface area is 113 Å². The zero-order valence-corrected chi connectivity index (χ0v) is 10.8. The normalized spacial score (nSPS) is 19.2. The van der Waals surface area contributed by atoms with Crippen LogP contribution in [0.5, 0.6) is 5.75 Å². The minimum Gasteiger partial charge on any atom is -0.508 e. The summed E-state index contributed by atoms with van der Waals surface area (Å²) in [5.41, 5.74) is 0.886. The lowest BCUT2D eigenvalue weighted by atomic mass is 10.1. The van der Waals surface area contributed by atoms with Gasteiger partial charge in [0, 0.05) is 25.8 Å². The van der Waals surface area contributed by atoms with Crippen molar-refractivity contribution in [1.82, 2.24) is 4.90 Å². The Kier molecular flexibility index (Phi) is 4.58. The van der Waals surface area contributed by atoms with Gasteiger partial charge >= 0.3 is 0 Å². The molecule has 1 aromatic rings. The van der Waals surface area contributed by atoms with Crippen LogP contribution in [0.25, 0.3) is 6.08 Å². The second kappa shape index (κ2) is 6.38. The molecule has 1 aromatic carbocycles. The number of likely N-dealkylation sites (tertiary alicyclic amines) is 1. The zero-order valence-electron chi connectivity index (χ0n) is 10.8. The number of amides is 1. The second-order valence-electron chi connectivity index (χ2n) is 4.88. The maximum Gasteiger partial charge on any atom is 0.246 e. The lowest BCUT2D eigenvalue weighted by Gasteiger charge is -2.13. The van der Waals surface area contributed by atoms with E-state index in [2.05, 4.69) is 0 Å². The number of phenolic OH excluding ortho intramolecular Hbond substituents is 1. The summed E-state index contributed by atoms with van der Waals surface area (Å²) in [6, 6.07) is 6.71. The van der Waals surface area contributed by atoms with Gasteiger partial charge in [0.25, 0.3) is 0 Å². The smallest absolute Gasteiger partial charge is 0.246 e. The zero-order chi connectivity index (χ0) is 13.7. The highest BCUT2D eigenvalue weighted by atomic mass is 16.3. The van der Waals surface area contributed by atoms with E-state index in [0.717, 1.165) is 31.5 Å². The molecule has 0 radical (unpaired) electrons. The largest absolute Gasteiger partial charge is 0.508 e. The van der Waals surface area contributed by atoms with Crippen LogP contribution in [0.15, 0.2) is 30.3 Å². The van der Waals surface area contributed by atoms with E-state index in [4.69, 9.17) is 10.2 Å². The molecule has 102 valence electrons.